The van der Waals surface area contributed by atoms with Crippen LogP contribution in [0.2, 0.25) is 0 Å². The van der Waals surface area contributed by atoms with E-state index in [2.05, 4.69) is 30.8 Å². The molecule has 0 N–H and O–H groups in total. The van der Waals surface area contributed by atoms with Gasteiger partial charge in [0.2, 0.25) is 0 Å². The second-order valence-corrected chi connectivity index (χ2v) is 6.57. The second kappa shape index (κ2) is 11.3. The lowest BCUT2D eigenvalue weighted by Gasteiger charge is -2.06. The minimum absolute atomic E-state index is 0.330. The van der Waals surface area contributed by atoms with Crippen molar-refractivity contribution in [3.63, 3.8) is 0 Å². The summed E-state index contributed by atoms with van der Waals surface area (Å²) in [5, 5.41) is 0. The molecule has 0 amide bonds. The lowest BCUT2D eigenvalue weighted by Crippen LogP contribution is -2.03. The van der Waals surface area contributed by atoms with Crippen LogP contribution in [-0.2, 0) is 11.2 Å². The van der Waals surface area contributed by atoms with Crippen LogP contribution in [0, 0.1) is 0 Å². The van der Waals surface area contributed by atoms with Gasteiger partial charge in [0.15, 0.2) is 0 Å². The Morgan fingerprint density at radius 2 is 1.57 bits per heavy atom. The largest absolute Gasteiger partial charge is 0.491 e. The first-order chi connectivity index (χ1) is 11.4. The summed E-state index contributed by atoms with van der Waals surface area (Å²) in [7, 11) is 0. The van der Waals surface area contributed by atoms with Crippen LogP contribution in [0.4, 0.5) is 0 Å². The monoisotopic (exact) mass is 316 g/mol. The minimum Gasteiger partial charge on any atom is -0.491 e. The highest BCUT2D eigenvalue weighted by Crippen LogP contribution is 2.17. The van der Waals surface area contributed by atoms with Crippen LogP contribution in [-0.4, -0.2) is 19.3 Å². The van der Waals surface area contributed by atoms with Gasteiger partial charge in [-0.1, -0.05) is 56.7 Å². The van der Waals surface area contributed by atoms with Crippen molar-refractivity contribution in [1.29, 1.82) is 0 Å². The zero-order chi connectivity index (χ0) is 16.2. The Morgan fingerprint density at radius 3 is 2.17 bits per heavy atom. The topological polar surface area (TPSA) is 21.8 Å². The van der Waals surface area contributed by atoms with Crippen LogP contribution >= 0.6 is 0 Å². The summed E-state index contributed by atoms with van der Waals surface area (Å²) in [5.74, 6) is 0.959. The van der Waals surface area contributed by atoms with Gasteiger partial charge in [-0.25, -0.2) is 0 Å². The Bertz CT molecular complexity index is 420. The van der Waals surface area contributed by atoms with E-state index in [0.717, 1.165) is 12.4 Å². The molecule has 0 saturated carbocycles. The zero-order valence-corrected chi connectivity index (χ0v) is 14.5. The molecule has 0 bridgehead atoms. The first kappa shape index (κ1) is 18.1. The van der Waals surface area contributed by atoms with Crippen molar-refractivity contribution < 1.29 is 9.47 Å². The molecule has 128 valence electrons. The fourth-order valence-electron chi connectivity index (χ4n) is 2.78. The van der Waals surface area contributed by atoms with E-state index in [-0.39, 0.29) is 0 Å². The van der Waals surface area contributed by atoms with Crippen LogP contribution in [0.1, 0.15) is 63.4 Å². The van der Waals surface area contributed by atoms with Crippen molar-refractivity contribution in [3.8, 4) is 5.75 Å². The SMILES string of the molecule is C=CCCCCCCCCCCc1ccc(OCC2CO2)cc1. The van der Waals surface area contributed by atoms with E-state index >= 15 is 0 Å². The van der Waals surface area contributed by atoms with Gasteiger partial charge in [-0.15, -0.1) is 6.58 Å². The van der Waals surface area contributed by atoms with Gasteiger partial charge in [-0.05, 0) is 43.4 Å². The third-order valence-electron chi connectivity index (χ3n) is 4.39. The molecule has 1 atom stereocenters. The molecular formula is C21H32O2. The highest BCUT2D eigenvalue weighted by atomic mass is 16.6. The molecule has 2 rings (SSSR count). The summed E-state index contributed by atoms with van der Waals surface area (Å²) in [6.07, 6.45) is 15.6. The number of hydrogen-bond acceptors (Lipinski definition) is 2. The Labute approximate surface area is 141 Å². The molecule has 2 heteroatoms. The number of ether oxygens (including phenoxy) is 2. The molecule has 0 spiro atoms. The van der Waals surface area contributed by atoms with E-state index in [1.165, 1.54) is 69.8 Å². The van der Waals surface area contributed by atoms with Crippen molar-refractivity contribution in [2.24, 2.45) is 0 Å². The molecule has 1 fully saturated rings. The van der Waals surface area contributed by atoms with Crippen LogP contribution in [0.3, 0.4) is 0 Å². The molecule has 1 aliphatic rings. The summed E-state index contributed by atoms with van der Waals surface area (Å²) in [6.45, 7) is 5.31. The quantitative estimate of drug-likeness (QED) is 0.249. The van der Waals surface area contributed by atoms with E-state index in [9.17, 15) is 0 Å². The van der Waals surface area contributed by atoms with E-state index in [0.29, 0.717) is 12.7 Å². The van der Waals surface area contributed by atoms with Gasteiger partial charge >= 0.3 is 0 Å². The van der Waals surface area contributed by atoms with Crippen LogP contribution in [0.15, 0.2) is 36.9 Å². The Balaban J connectivity index is 1.43. The number of epoxide rings is 1. The van der Waals surface area contributed by atoms with E-state index < -0.39 is 0 Å². The first-order valence-corrected chi connectivity index (χ1v) is 9.33. The smallest absolute Gasteiger partial charge is 0.119 e. The average Bonchev–Trinajstić information content (AvgIpc) is 3.40. The van der Waals surface area contributed by atoms with Gasteiger partial charge < -0.3 is 9.47 Å². The maximum atomic E-state index is 5.66. The van der Waals surface area contributed by atoms with Gasteiger partial charge in [0, 0.05) is 0 Å². The summed E-state index contributed by atoms with van der Waals surface area (Å²) >= 11 is 0. The molecule has 1 heterocycles. The normalized spacial score (nSPS) is 16.3. The molecule has 1 unspecified atom stereocenters. The molecule has 1 aromatic carbocycles. The lowest BCUT2D eigenvalue weighted by molar-refractivity contribution is 0.263. The molecule has 0 aromatic heterocycles. The van der Waals surface area contributed by atoms with Crippen molar-refractivity contribution in [2.45, 2.75) is 70.3 Å². The molecule has 2 nitrogen and oxygen atoms in total. The van der Waals surface area contributed by atoms with Gasteiger partial charge in [-0.3, -0.25) is 0 Å². The number of hydrogen-bond donors (Lipinski definition) is 0. The highest BCUT2D eigenvalue weighted by Gasteiger charge is 2.22. The van der Waals surface area contributed by atoms with Gasteiger partial charge in [0.05, 0.1) is 6.61 Å². The predicted molar refractivity (Wildman–Crippen MR) is 97.1 cm³/mol. The molecule has 0 aliphatic carbocycles. The molecule has 1 aliphatic heterocycles. The molecule has 1 aromatic rings. The molecule has 0 radical (unpaired) electrons. The molecule has 1 saturated heterocycles. The number of aryl methyl sites for hydroxylation is 1. The van der Waals surface area contributed by atoms with Crippen LogP contribution in [0.5, 0.6) is 5.75 Å². The number of benzene rings is 1. The van der Waals surface area contributed by atoms with Crippen LogP contribution < -0.4 is 4.74 Å². The Hall–Kier alpha value is -1.28. The predicted octanol–water partition coefficient (Wildman–Crippen LogP) is 5.70. The summed E-state index contributed by atoms with van der Waals surface area (Å²) in [5.41, 5.74) is 1.42. The highest BCUT2D eigenvalue weighted by molar-refractivity contribution is 5.27. The van der Waals surface area contributed by atoms with Gasteiger partial charge in [-0.2, -0.15) is 0 Å². The van der Waals surface area contributed by atoms with Crippen LogP contribution in [0.25, 0.3) is 0 Å². The van der Waals surface area contributed by atoms with E-state index in [1.54, 1.807) is 0 Å². The summed E-state index contributed by atoms with van der Waals surface area (Å²) < 4.78 is 10.8. The molecule has 23 heavy (non-hydrogen) atoms. The first-order valence-electron chi connectivity index (χ1n) is 9.33. The third kappa shape index (κ3) is 8.80. The van der Waals surface area contributed by atoms with E-state index in [1.807, 2.05) is 6.08 Å². The van der Waals surface area contributed by atoms with Crippen molar-refractivity contribution in [1.82, 2.24) is 0 Å². The number of rotatable bonds is 14. The summed E-state index contributed by atoms with van der Waals surface area (Å²) in [6, 6.07) is 8.56. The fraction of sp³-hybridized carbons (Fsp3) is 0.619. The standard InChI is InChI=1S/C21H32O2/c1-2-3-4-5-6-7-8-9-10-11-12-19-13-15-20(16-14-19)22-17-21-18-23-21/h2,13-16,21H,1,3-12,17-18H2. The van der Waals surface area contributed by atoms with Gasteiger partial charge in [0.25, 0.3) is 0 Å². The van der Waals surface area contributed by atoms with Gasteiger partial charge in [0.1, 0.15) is 18.5 Å². The zero-order valence-electron chi connectivity index (χ0n) is 14.5. The Kier molecular flexibility index (Phi) is 8.86. The van der Waals surface area contributed by atoms with E-state index in [4.69, 9.17) is 9.47 Å². The maximum Gasteiger partial charge on any atom is 0.119 e. The lowest BCUT2D eigenvalue weighted by atomic mass is 10.0. The molecular weight excluding hydrogens is 284 g/mol. The van der Waals surface area contributed by atoms with Crippen molar-refractivity contribution in [3.05, 3.63) is 42.5 Å². The Morgan fingerprint density at radius 1 is 0.957 bits per heavy atom. The number of allylic oxidation sites excluding steroid dienone is 1. The third-order valence-corrected chi connectivity index (χ3v) is 4.39. The van der Waals surface area contributed by atoms with Crippen molar-refractivity contribution in [2.75, 3.05) is 13.2 Å². The fourth-order valence-corrected chi connectivity index (χ4v) is 2.78. The average molecular weight is 316 g/mol. The number of unbranched alkanes of at least 4 members (excludes halogenated alkanes) is 8. The minimum atomic E-state index is 0.330. The summed E-state index contributed by atoms with van der Waals surface area (Å²) in [4.78, 5) is 0. The second-order valence-electron chi connectivity index (χ2n) is 6.57. The maximum absolute atomic E-state index is 5.66. The van der Waals surface area contributed by atoms with Crippen molar-refractivity contribution >= 4 is 0 Å².